The van der Waals surface area contributed by atoms with Crippen molar-refractivity contribution in [1.82, 2.24) is 4.98 Å². The molecule has 5 heteroatoms. The van der Waals surface area contributed by atoms with Crippen molar-refractivity contribution >= 4 is 17.4 Å². The summed E-state index contributed by atoms with van der Waals surface area (Å²) in [6, 6.07) is 2.07. The number of methoxy groups -OCH3 is 1. The lowest BCUT2D eigenvalue weighted by molar-refractivity contribution is 0.181. The number of halogens is 1. The van der Waals surface area contributed by atoms with Gasteiger partial charge in [-0.2, -0.15) is 0 Å². The number of nitrogens with two attached hydrogens (primary N) is 1. The van der Waals surface area contributed by atoms with Crippen molar-refractivity contribution in [1.29, 1.82) is 0 Å². The van der Waals surface area contributed by atoms with Crippen LogP contribution in [0.2, 0.25) is 5.02 Å². The van der Waals surface area contributed by atoms with Crippen LogP contribution in [0.4, 0.5) is 5.82 Å². The molecular formula is C12H20ClN3O. The van der Waals surface area contributed by atoms with Crippen LogP contribution in [0.3, 0.4) is 0 Å². The van der Waals surface area contributed by atoms with E-state index in [1.54, 1.807) is 13.3 Å². The molecule has 0 saturated heterocycles. The fourth-order valence-electron chi connectivity index (χ4n) is 1.83. The molecule has 0 bridgehead atoms. The van der Waals surface area contributed by atoms with Crippen LogP contribution in [0.5, 0.6) is 0 Å². The van der Waals surface area contributed by atoms with E-state index in [9.17, 15) is 0 Å². The number of rotatable bonds is 6. The highest BCUT2D eigenvalue weighted by Gasteiger charge is 2.18. The summed E-state index contributed by atoms with van der Waals surface area (Å²) in [6.45, 7) is 6.04. The second-order valence-electron chi connectivity index (χ2n) is 3.90. The van der Waals surface area contributed by atoms with Gasteiger partial charge in [-0.3, -0.25) is 0 Å². The van der Waals surface area contributed by atoms with Crippen LogP contribution in [0, 0.1) is 0 Å². The Morgan fingerprint density at radius 1 is 1.59 bits per heavy atom. The van der Waals surface area contributed by atoms with Gasteiger partial charge in [-0.05, 0) is 25.5 Å². The monoisotopic (exact) mass is 257 g/mol. The van der Waals surface area contributed by atoms with E-state index in [4.69, 9.17) is 22.1 Å². The van der Waals surface area contributed by atoms with E-state index in [1.165, 1.54) is 0 Å². The number of nitrogens with zero attached hydrogens (tertiary/aromatic N) is 2. The smallest absolute Gasteiger partial charge is 0.147 e. The predicted molar refractivity (Wildman–Crippen MR) is 71.5 cm³/mol. The third-order valence-electron chi connectivity index (χ3n) is 2.72. The first-order valence-electron chi connectivity index (χ1n) is 5.74. The maximum Gasteiger partial charge on any atom is 0.147 e. The molecule has 0 radical (unpaired) electrons. The Hall–Kier alpha value is -0.840. The van der Waals surface area contributed by atoms with E-state index < -0.39 is 0 Å². The molecule has 1 aromatic rings. The van der Waals surface area contributed by atoms with Gasteiger partial charge in [0.15, 0.2) is 0 Å². The lowest BCUT2D eigenvalue weighted by Crippen LogP contribution is -2.37. The molecule has 1 aromatic heterocycles. The molecule has 1 rings (SSSR count). The van der Waals surface area contributed by atoms with Gasteiger partial charge in [-0.1, -0.05) is 11.6 Å². The number of anilines is 1. The molecule has 96 valence electrons. The maximum atomic E-state index is 6.30. The molecule has 2 N–H and O–H groups in total. The molecule has 0 amide bonds. The average molecular weight is 258 g/mol. The molecule has 1 heterocycles. The molecule has 4 nitrogen and oxygen atoms in total. The number of hydrogen-bond donors (Lipinski definition) is 1. The fourth-order valence-corrected chi connectivity index (χ4v) is 2.13. The van der Waals surface area contributed by atoms with Crippen LogP contribution < -0.4 is 10.6 Å². The molecule has 0 aliphatic carbocycles. The topological polar surface area (TPSA) is 51.4 Å². The van der Waals surface area contributed by atoms with Gasteiger partial charge in [0, 0.05) is 26.4 Å². The van der Waals surface area contributed by atoms with Crippen LogP contribution in [0.25, 0.3) is 0 Å². The van der Waals surface area contributed by atoms with Crippen molar-refractivity contribution in [2.24, 2.45) is 5.73 Å². The van der Waals surface area contributed by atoms with Gasteiger partial charge in [0.2, 0.25) is 0 Å². The third-order valence-corrected chi connectivity index (χ3v) is 3.14. The van der Waals surface area contributed by atoms with Gasteiger partial charge in [0.1, 0.15) is 5.82 Å². The largest absolute Gasteiger partial charge is 0.383 e. The summed E-state index contributed by atoms with van der Waals surface area (Å²) in [6.07, 6.45) is 1.74. The van der Waals surface area contributed by atoms with Gasteiger partial charge in [-0.15, -0.1) is 0 Å². The van der Waals surface area contributed by atoms with Crippen molar-refractivity contribution in [3.8, 4) is 0 Å². The number of aromatic nitrogens is 1. The van der Waals surface area contributed by atoms with Gasteiger partial charge >= 0.3 is 0 Å². The summed E-state index contributed by atoms with van der Waals surface area (Å²) in [4.78, 5) is 6.46. The summed E-state index contributed by atoms with van der Waals surface area (Å²) in [5.41, 5.74) is 6.56. The minimum absolute atomic E-state index is 0.225. The summed E-state index contributed by atoms with van der Waals surface area (Å²) in [5.74, 6) is 0.779. The zero-order chi connectivity index (χ0) is 12.8. The molecular weight excluding hydrogens is 238 g/mol. The lowest BCUT2D eigenvalue weighted by Gasteiger charge is -2.29. The highest BCUT2D eigenvalue weighted by atomic mass is 35.5. The molecule has 0 aromatic carbocycles. The van der Waals surface area contributed by atoms with Gasteiger partial charge in [0.25, 0.3) is 0 Å². The first-order valence-corrected chi connectivity index (χ1v) is 6.12. The normalized spacial score (nSPS) is 12.5. The van der Waals surface area contributed by atoms with Crippen LogP contribution in [-0.4, -0.2) is 31.3 Å². The van der Waals surface area contributed by atoms with E-state index in [2.05, 4.69) is 23.7 Å². The Morgan fingerprint density at radius 3 is 2.82 bits per heavy atom. The van der Waals surface area contributed by atoms with Crippen LogP contribution in [0.1, 0.15) is 19.4 Å². The van der Waals surface area contributed by atoms with Gasteiger partial charge in [-0.25, -0.2) is 4.98 Å². The number of pyridine rings is 1. The SMILES string of the molecule is CCN(c1nccc(CN)c1Cl)C(C)COC. The number of hydrogen-bond acceptors (Lipinski definition) is 4. The molecule has 0 fully saturated rings. The Labute approximate surface area is 108 Å². The highest BCUT2D eigenvalue weighted by Crippen LogP contribution is 2.27. The summed E-state index contributed by atoms with van der Waals surface area (Å²) >= 11 is 6.30. The van der Waals surface area contributed by atoms with E-state index in [0.29, 0.717) is 18.2 Å². The first-order chi connectivity index (χ1) is 8.15. The van der Waals surface area contributed by atoms with Crippen LogP contribution >= 0.6 is 11.6 Å². The zero-order valence-corrected chi connectivity index (χ0v) is 11.4. The van der Waals surface area contributed by atoms with Gasteiger partial charge < -0.3 is 15.4 Å². The molecule has 1 atom stereocenters. The van der Waals surface area contributed by atoms with E-state index in [0.717, 1.165) is 17.9 Å². The Bertz CT molecular complexity index is 360. The standard InChI is InChI=1S/C12H20ClN3O/c1-4-16(9(2)8-17-3)12-11(13)10(7-14)5-6-15-12/h5-6,9H,4,7-8,14H2,1-3H3. The first kappa shape index (κ1) is 14.2. The number of likely N-dealkylation sites (N-methyl/N-ethyl adjacent to an activating group) is 1. The second-order valence-corrected chi connectivity index (χ2v) is 4.28. The summed E-state index contributed by atoms with van der Waals surface area (Å²) in [5, 5.41) is 0.639. The van der Waals surface area contributed by atoms with E-state index in [-0.39, 0.29) is 6.04 Å². The molecule has 17 heavy (non-hydrogen) atoms. The molecule has 0 saturated carbocycles. The maximum absolute atomic E-state index is 6.30. The summed E-state index contributed by atoms with van der Waals surface area (Å²) < 4.78 is 5.17. The van der Waals surface area contributed by atoms with Crippen LogP contribution in [-0.2, 0) is 11.3 Å². The Morgan fingerprint density at radius 2 is 2.29 bits per heavy atom. The number of ether oxygens (including phenoxy) is 1. The van der Waals surface area contributed by atoms with Crippen molar-refractivity contribution in [2.45, 2.75) is 26.4 Å². The van der Waals surface area contributed by atoms with Crippen LogP contribution in [0.15, 0.2) is 12.3 Å². The van der Waals surface area contributed by atoms with Gasteiger partial charge in [0.05, 0.1) is 17.7 Å². The van der Waals surface area contributed by atoms with Crippen molar-refractivity contribution in [3.63, 3.8) is 0 Å². The lowest BCUT2D eigenvalue weighted by atomic mass is 10.2. The quantitative estimate of drug-likeness (QED) is 0.848. The summed E-state index contributed by atoms with van der Waals surface area (Å²) in [7, 11) is 1.69. The molecule has 0 spiro atoms. The Kier molecular flexibility index (Phi) is 5.68. The van der Waals surface area contributed by atoms with E-state index in [1.807, 2.05) is 6.07 Å². The third kappa shape index (κ3) is 3.31. The Balaban J connectivity index is 3.03. The van der Waals surface area contributed by atoms with Crippen molar-refractivity contribution in [3.05, 3.63) is 22.8 Å². The molecule has 0 aliphatic heterocycles. The minimum atomic E-state index is 0.225. The average Bonchev–Trinajstić information content (AvgIpc) is 2.32. The fraction of sp³-hybridized carbons (Fsp3) is 0.583. The van der Waals surface area contributed by atoms with Crippen molar-refractivity contribution < 1.29 is 4.74 Å². The molecule has 1 unspecified atom stereocenters. The minimum Gasteiger partial charge on any atom is -0.383 e. The predicted octanol–water partition coefficient (Wildman–Crippen LogP) is 2.05. The highest BCUT2D eigenvalue weighted by molar-refractivity contribution is 6.33. The van der Waals surface area contributed by atoms with E-state index >= 15 is 0 Å². The second kappa shape index (κ2) is 6.79. The van der Waals surface area contributed by atoms with Crippen molar-refractivity contribution in [2.75, 3.05) is 25.2 Å². The molecule has 0 aliphatic rings. The zero-order valence-electron chi connectivity index (χ0n) is 10.6.